The highest BCUT2D eigenvalue weighted by molar-refractivity contribution is 4.82. The summed E-state index contributed by atoms with van der Waals surface area (Å²) in [5, 5.41) is 0. The molecule has 1 heterocycles. The number of piperazine rings is 1. The lowest BCUT2D eigenvalue weighted by atomic mass is 10.1. The molecule has 0 N–H and O–H groups in total. The largest absolute Gasteiger partial charge is 0.299 e. The fourth-order valence-corrected chi connectivity index (χ4v) is 1.66. The molecule has 0 aromatic heterocycles. The third-order valence-corrected chi connectivity index (χ3v) is 2.59. The second kappa shape index (κ2) is 4.08. The second-order valence-corrected chi connectivity index (χ2v) is 4.58. The first kappa shape index (κ1) is 10.5. The zero-order valence-corrected chi connectivity index (χ0v) is 8.88. The summed E-state index contributed by atoms with van der Waals surface area (Å²) < 4.78 is 0. The van der Waals surface area contributed by atoms with Crippen LogP contribution in [0.15, 0.2) is 0 Å². The van der Waals surface area contributed by atoms with E-state index in [1.54, 1.807) is 0 Å². The number of nitrogens with zero attached hydrogens (tertiary/aromatic N) is 3. The minimum Gasteiger partial charge on any atom is -0.299 e. The third kappa shape index (κ3) is 2.98. The van der Waals surface area contributed by atoms with E-state index < -0.39 is 0 Å². The van der Waals surface area contributed by atoms with E-state index in [0.29, 0.717) is 6.67 Å². The van der Waals surface area contributed by atoms with Crippen LogP contribution in [-0.2, 0) is 0 Å². The van der Waals surface area contributed by atoms with E-state index in [9.17, 15) is 0 Å². The van der Waals surface area contributed by atoms with Crippen LogP contribution < -0.4 is 0 Å². The molecule has 0 amide bonds. The minimum absolute atomic E-state index is 0.282. The van der Waals surface area contributed by atoms with Crippen molar-refractivity contribution in [3.63, 3.8) is 0 Å². The Morgan fingerprint density at radius 2 is 1.69 bits per heavy atom. The molecule has 13 heavy (non-hydrogen) atoms. The van der Waals surface area contributed by atoms with Crippen molar-refractivity contribution in [1.29, 1.82) is 0 Å². The van der Waals surface area contributed by atoms with Crippen LogP contribution in [0.2, 0.25) is 0 Å². The average molecular weight is 181 g/mol. The van der Waals surface area contributed by atoms with Gasteiger partial charge in [-0.25, -0.2) is 11.5 Å². The molecule has 0 aromatic carbocycles. The normalized spacial score (nSPS) is 21.4. The molecule has 0 aliphatic carbocycles. The highest BCUT2D eigenvalue weighted by atomic mass is 15.3. The quantitative estimate of drug-likeness (QED) is 0.564. The Morgan fingerprint density at radius 1 is 1.15 bits per heavy atom. The summed E-state index contributed by atoms with van der Waals surface area (Å²) in [7, 11) is 0. The van der Waals surface area contributed by atoms with Gasteiger partial charge in [-0.2, -0.15) is 0 Å². The smallest absolute Gasteiger partial charge is 0.270 e. The van der Waals surface area contributed by atoms with E-state index in [1.165, 1.54) is 0 Å². The van der Waals surface area contributed by atoms with Crippen LogP contribution in [-0.4, -0.2) is 48.2 Å². The molecule has 0 aromatic rings. The van der Waals surface area contributed by atoms with Crippen LogP contribution in [0.5, 0.6) is 0 Å². The van der Waals surface area contributed by atoms with Gasteiger partial charge >= 0.3 is 0 Å². The molecule has 3 nitrogen and oxygen atoms in total. The molecule has 1 rings (SSSR count). The minimum atomic E-state index is 0.282. The fraction of sp³-hybridized carbons (Fsp3) is 0.900. The predicted molar refractivity (Wildman–Crippen MR) is 54.4 cm³/mol. The van der Waals surface area contributed by atoms with Gasteiger partial charge in [0, 0.05) is 31.7 Å². The Hall–Kier alpha value is -0.590. The van der Waals surface area contributed by atoms with Crippen molar-refractivity contribution >= 4 is 0 Å². The molecule has 3 heteroatoms. The van der Waals surface area contributed by atoms with Crippen LogP contribution in [0, 0.1) is 6.57 Å². The van der Waals surface area contributed by atoms with Crippen LogP contribution in [0.3, 0.4) is 0 Å². The van der Waals surface area contributed by atoms with Gasteiger partial charge in [0.25, 0.3) is 6.67 Å². The summed E-state index contributed by atoms with van der Waals surface area (Å²) in [6.07, 6.45) is 0. The standard InChI is InChI=1S/C10H19N3/c1-10(2,3)13-7-5-12(6-8-13)9-11-4/h5-9H2,1-3H3. The molecule has 0 atom stereocenters. The molecule has 1 saturated heterocycles. The van der Waals surface area contributed by atoms with Crippen LogP contribution >= 0.6 is 0 Å². The van der Waals surface area contributed by atoms with Gasteiger partial charge in [0.2, 0.25) is 0 Å². The first-order valence-corrected chi connectivity index (χ1v) is 4.84. The summed E-state index contributed by atoms with van der Waals surface area (Å²) in [4.78, 5) is 8.10. The fourth-order valence-electron chi connectivity index (χ4n) is 1.66. The van der Waals surface area contributed by atoms with Crippen LogP contribution in [0.1, 0.15) is 20.8 Å². The van der Waals surface area contributed by atoms with Crippen molar-refractivity contribution in [1.82, 2.24) is 9.80 Å². The molecular formula is C10H19N3. The summed E-state index contributed by atoms with van der Waals surface area (Å²) in [5.41, 5.74) is 0.282. The lowest BCUT2D eigenvalue weighted by Crippen LogP contribution is -2.53. The Bertz CT molecular complexity index is 191. The first-order chi connectivity index (χ1) is 6.04. The molecule has 0 spiro atoms. The zero-order chi connectivity index (χ0) is 9.90. The van der Waals surface area contributed by atoms with Crippen molar-refractivity contribution in [3.8, 4) is 0 Å². The predicted octanol–water partition coefficient (Wildman–Crippen LogP) is 1.28. The highest BCUT2D eigenvalue weighted by Crippen LogP contribution is 2.15. The molecular weight excluding hydrogens is 162 g/mol. The molecule has 1 fully saturated rings. The lowest BCUT2D eigenvalue weighted by Gasteiger charge is -2.40. The van der Waals surface area contributed by atoms with Gasteiger partial charge < -0.3 is 0 Å². The zero-order valence-electron chi connectivity index (χ0n) is 8.88. The van der Waals surface area contributed by atoms with Gasteiger partial charge in [0.15, 0.2) is 0 Å². The summed E-state index contributed by atoms with van der Waals surface area (Å²) in [6.45, 7) is 18.4. The Balaban J connectivity index is 2.36. The molecule has 0 saturated carbocycles. The molecule has 1 aliphatic rings. The van der Waals surface area contributed by atoms with Crippen molar-refractivity contribution < 1.29 is 0 Å². The first-order valence-electron chi connectivity index (χ1n) is 4.84. The average Bonchev–Trinajstić information content (AvgIpc) is 2.04. The summed E-state index contributed by atoms with van der Waals surface area (Å²) >= 11 is 0. The van der Waals surface area contributed by atoms with Gasteiger partial charge in [-0.3, -0.25) is 9.74 Å². The maximum atomic E-state index is 6.78. The van der Waals surface area contributed by atoms with Crippen molar-refractivity contribution in [2.75, 3.05) is 32.8 Å². The summed E-state index contributed by atoms with van der Waals surface area (Å²) in [6, 6.07) is 0. The number of hydrogen-bond donors (Lipinski definition) is 0. The van der Waals surface area contributed by atoms with Gasteiger partial charge in [0.05, 0.1) is 0 Å². The van der Waals surface area contributed by atoms with Crippen molar-refractivity contribution in [2.45, 2.75) is 26.3 Å². The number of hydrogen-bond acceptors (Lipinski definition) is 2. The van der Waals surface area contributed by atoms with Gasteiger partial charge in [0.1, 0.15) is 0 Å². The third-order valence-electron chi connectivity index (χ3n) is 2.59. The monoisotopic (exact) mass is 181 g/mol. The Kier molecular flexibility index (Phi) is 3.29. The topological polar surface area (TPSA) is 10.8 Å². The molecule has 0 bridgehead atoms. The van der Waals surface area contributed by atoms with E-state index >= 15 is 0 Å². The van der Waals surface area contributed by atoms with Gasteiger partial charge in [-0.1, -0.05) is 0 Å². The molecule has 0 unspecified atom stereocenters. The SMILES string of the molecule is [C-]#[N+]CN1CCN(C(C)(C)C)CC1. The van der Waals surface area contributed by atoms with Crippen molar-refractivity contribution in [3.05, 3.63) is 11.4 Å². The van der Waals surface area contributed by atoms with E-state index in [0.717, 1.165) is 26.2 Å². The van der Waals surface area contributed by atoms with E-state index in [-0.39, 0.29) is 5.54 Å². The van der Waals surface area contributed by atoms with Gasteiger partial charge in [-0.05, 0) is 20.8 Å². The molecule has 1 aliphatic heterocycles. The van der Waals surface area contributed by atoms with Crippen molar-refractivity contribution in [2.24, 2.45) is 0 Å². The Labute approximate surface area is 81.1 Å². The van der Waals surface area contributed by atoms with E-state index in [1.807, 2.05) is 0 Å². The molecule has 74 valence electrons. The maximum Gasteiger partial charge on any atom is 0.270 e. The van der Waals surface area contributed by atoms with Crippen LogP contribution in [0.4, 0.5) is 0 Å². The van der Waals surface area contributed by atoms with E-state index in [2.05, 4.69) is 35.4 Å². The van der Waals surface area contributed by atoms with Gasteiger partial charge in [-0.15, -0.1) is 0 Å². The van der Waals surface area contributed by atoms with Crippen LogP contribution in [0.25, 0.3) is 4.85 Å². The highest BCUT2D eigenvalue weighted by Gasteiger charge is 2.26. The lowest BCUT2D eigenvalue weighted by molar-refractivity contribution is 0.0672. The Morgan fingerprint density at radius 3 is 2.08 bits per heavy atom. The number of rotatable bonds is 1. The summed E-state index contributed by atoms with van der Waals surface area (Å²) in [5.74, 6) is 0. The maximum absolute atomic E-state index is 6.78. The second-order valence-electron chi connectivity index (χ2n) is 4.58. The van der Waals surface area contributed by atoms with E-state index in [4.69, 9.17) is 6.57 Å². The molecule has 0 radical (unpaired) electrons.